The summed E-state index contributed by atoms with van der Waals surface area (Å²) >= 11 is 8.32. The Morgan fingerprint density at radius 3 is 2.39 bits per heavy atom. The van der Waals surface area contributed by atoms with Crippen molar-refractivity contribution in [2.75, 3.05) is 12.4 Å². The minimum Gasteiger partial charge on any atom is -0.295 e. The minimum atomic E-state index is 0.737. The molecule has 1 aliphatic carbocycles. The molecule has 0 amide bonds. The summed E-state index contributed by atoms with van der Waals surface area (Å²) in [5.74, 6) is 0.737. The van der Waals surface area contributed by atoms with Gasteiger partial charge in [-0.3, -0.25) is 4.90 Å². The van der Waals surface area contributed by atoms with Gasteiger partial charge in [-0.2, -0.15) is 0 Å². The Morgan fingerprint density at radius 1 is 1.11 bits per heavy atom. The van der Waals surface area contributed by atoms with E-state index in [2.05, 4.69) is 51.8 Å². The van der Waals surface area contributed by atoms with Crippen molar-refractivity contribution in [3.05, 3.63) is 33.4 Å². The van der Waals surface area contributed by atoms with E-state index in [9.17, 15) is 0 Å². The van der Waals surface area contributed by atoms with Crippen LogP contribution in [-0.4, -0.2) is 23.4 Å². The zero-order valence-corrected chi connectivity index (χ0v) is 13.7. The first-order valence-corrected chi connectivity index (χ1v) is 8.45. The first-order valence-electron chi connectivity index (χ1n) is 6.84. The molecule has 3 heteroatoms. The van der Waals surface area contributed by atoms with Gasteiger partial charge in [0.1, 0.15) is 0 Å². The van der Waals surface area contributed by atoms with Crippen LogP contribution < -0.4 is 0 Å². The smallest absolute Gasteiger partial charge is 0.0351 e. The van der Waals surface area contributed by atoms with E-state index in [0.717, 1.165) is 25.0 Å². The Kier molecular flexibility index (Phi) is 6.25. The molecule has 0 saturated heterocycles. The summed E-state index contributed by atoms with van der Waals surface area (Å²) in [6, 6.07) is 9.61. The predicted octanol–water partition coefficient (Wildman–Crippen LogP) is 4.66. The molecule has 0 heterocycles. The van der Waals surface area contributed by atoms with Crippen molar-refractivity contribution >= 4 is 34.2 Å². The fourth-order valence-electron chi connectivity index (χ4n) is 2.77. The summed E-state index contributed by atoms with van der Waals surface area (Å²) in [5.41, 5.74) is 1.41. The Labute approximate surface area is 129 Å². The molecule has 0 radical (unpaired) electrons. The molecule has 1 aromatic carbocycles. The number of benzene rings is 1. The maximum Gasteiger partial charge on any atom is 0.0351 e. The third-order valence-electron chi connectivity index (χ3n) is 3.76. The van der Waals surface area contributed by atoms with Crippen LogP contribution >= 0.6 is 34.2 Å². The van der Waals surface area contributed by atoms with Crippen LogP contribution in [-0.2, 0) is 6.54 Å². The molecular weight excluding hydrogens is 357 g/mol. The lowest BCUT2D eigenvalue weighted by atomic mass is 9.94. The lowest BCUT2D eigenvalue weighted by molar-refractivity contribution is 0.157. The highest BCUT2D eigenvalue weighted by Gasteiger charge is 2.20. The highest BCUT2D eigenvalue weighted by Crippen LogP contribution is 2.24. The van der Waals surface area contributed by atoms with Gasteiger partial charge < -0.3 is 0 Å². The van der Waals surface area contributed by atoms with E-state index >= 15 is 0 Å². The Morgan fingerprint density at radius 2 is 1.78 bits per heavy atom. The monoisotopic (exact) mass is 377 g/mol. The zero-order chi connectivity index (χ0) is 12.8. The van der Waals surface area contributed by atoms with Gasteiger partial charge in [0, 0.05) is 28.6 Å². The summed E-state index contributed by atoms with van der Waals surface area (Å²) in [4.78, 5) is 2.58. The molecule has 100 valence electrons. The number of hydrogen-bond donors (Lipinski definition) is 0. The highest BCUT2D eigenvalue weighted by atomic mass is 127. The van der Waals surface area contributed by atoms with Gasteiger partial charge in [0.25, 0.3) is 0 Å². The van der Waals surface area contributed by atoms with Gasteiger partial charge in [0.2, 0.25) is 0 Å². The highest BCUT2D eigenvalue weighted by molar-refractivity contribution is 14.1. The van der Waals surface area contributed by atoms with Crippen LogP contribution in [0.5, 0.6) is 0 Å². The standard InChI is InChI=1S/C15H21ClIN/c16-10-11-18(15-4-2-1-3-5-15)12-13-6-8-14(17)9-7-13/h6-9,15H,1-5,10-12H2. The number of halogens is 2. The van der Waals surface area contributed by atoms with Gasteiger partial charge in [0.15, 0.2) is 0 Å². The lowest BCUT2D eigenvalue weighted by Crippen LogP contribution is -2.37. The average molecular weight is 378 g/mol. The molecule has 1 nitrogen and oxygen atoms in total. The molecule has 2 rings (SSSR count). The summed E-state index contributed by atoms with van der Waals surface area (Å²) in [6.45, 7) is 2.06. The molecule has 0 N–H and O–H groups in total. The second-order valence-corrected chi connectivity index (χ2v) is 6.70. The van der Waals surface area contributed by atoms with Crippen LogP contribution in [0.2, 0.25) is 0 Å². The molecule has 1 saturated carbocycles. The van der Waals surface area contributed by atoms with Crippen LogP contribution in [0.1, 0.15) is 37.7 Å². The van der Waals surface area contributed by atoms with Crippen molar-refractivity contribution in [1.82, 2.24) is 4.90 Å². The first kappa shape index (κ1) is 14.6. The van der Waals surface area contributed by atoms with Crippen molar-refractivity contribution < 1.29 is 0 Å². The zero-order valence-electron chi connectivity index (χ0n) is 10.7. The van der Waals surface area contributed by atoms with E-state index in [-0.39, 0.29) is 0 Å². The van der Waals surface area contributed by atoms with Gasteiger partial charge >= 0.3 is 0 Å². The molecule has 18 heavy (non-hydrogen) atoms. The van der Waals surface area contributed by atoms with E-state index in [4.69, 9.17) is 11.6 Å². The molecule has 0 spiro atoms. The van der Waals surface area contributed by atoms with Crippen LogP contribution in [0, 0.1) is 3.57 Å². The van der Waals surface area contributed by atoms with Crippen LogP contribution in [0.15, 0.2) is 24.3 Å². The number of nitrogens with zero attached hydrogens (tertiary/aromatic N) is 1. The second kappa shape index (κ2) is 7.71. The van der Waals surface area contributed by atoms with Gasteiger partial charge in [-0.1, -0.05) is 31.4 Å². The van der Waals surface area contributed by atoms with E-state index in [1.807, 2.05) is 0 Å². The first-order chi connectivity index (χ1) is 8.79. The Balaban J connectivity index is 1.98. The van der Waals surface area contributed by atoms with Crippen molar-refractivity contribution in [2.24, 2.45) is 0 Å². The third kappa shape index (κ3) is 4.39. The van der Waals surface area contributed by atoms with Crippen LogP contribution in [0.3, 0.4) is 0 Å². The normalized spacial score (nSPS) is 17.3. The molecule has 0 atom stereocenters. The molecule has 0 aliphatic heterocycles. The van der Waals surface area contributed by atoms with E-state index in [1.54, 1.807) is 0 Å². The van der Waals surface area contributed by atoms with E-state index in [1.165, 1.54) is 41.2 Å². The molecule has 0 aromatic heterocycles. The fraction of sp³-hybridized carbons (Fsp3) is 0.600. The third-order valence-corrected chi connectivity index (χ3v) is 4.65. The van der Waals surface area contributed by atoms with Crippen molar-refractivity contribution in [1.29, 1.82) is 0 Å². The minimum absolute atomic E-state index is 0.737. The quantitative estimate of drug-likeness (QED) is 0.532. The summed E-state index contributed by atoms with van der Waals surface area (Å²) < 4.78 is 1.30. The largest absolute Gasteiger partial charge is 0.295 e. The van der Waals surface area contributed by atoms with E-state index < -0.39 is 0 Å². The average Bonchev–Trinajstić information content (AvgIpc) is 2.42. The fourth-order valence-corrected chi connectivity index (χ4v) is 3.35. The molecule has 1 aromatic rings. The predicted molar refractivity (Wildman–Crippen MR) is 87.2 cm³/mol. The SMILES string of the molecule is ClCCN(Cc1ccc(I)cc1)C1CCCCC1. The van der Waals surface area contributed by atoms with E-state index in [0.29, 0.717) is 0 Å². The maximum absolute atomic E-state index is 5.96. The number of alkyl halides is 1. The molecule has 0 unspecified atom stereocenters. The Hall–Kier alpha value is 0.200. The topological polar surface area (TPSA) is 3.24 Å². The summed E-state index contributed by atoms with van der Waals surface area (Å²) in [6.07, 6.45) is 6.88. The molecule has 0 bridgehead atoms. The lowest BCUT2D eigenvalue weighted by Gasteiger charge is -2.34. The Bertz CT molecular complexity index is 346. The van der Waals surface area contributed by atoms with Gasteiger partial charge in [-0.25, -0.2) is 0 Å². The maximum atomic E-state index is 5.96. The van der Waals surface area contributed by atoms with Crippen molar-refractivity contribution in [3.63, 3.8) is 0 Å². The summed E-state index contributed by atoms with van der Waals surface area (Å²) in [7, 11) is 0. The van der Waals surface area contributed by atoms with Gasteiger partial charge in [0.05, 0.1) is 0 Å². The van der Waals surface area contributed by atoms with Crippen molar-refractivity contribution in [2.45, 2.75) is 44.7 Å². The van der Waals surface area contributed by atoms with Crippen LogP contribution in [0.25, 0.3) is 0 Å². The molecule has 1 fully saturated rings. The second-order valence-electron chi connectivity index (χ2n) is 5.08. The van der Waals surface area contributed by atoms with Gasteiger partial charge in [-0.15, -0.1) is 11.6 Å². The molecular formula is C15H21ClIN. The number of hydrogen-bond acceptors (Lipinski definition) is 1. The van der Waals surface area contributed by atoms with Crippen LogP contribution in [0.4, 0.5) is 0 Å². The van der Waals surface area contributed by atoms with Gasteiger partial charge in [-0.05, 0) is 53.1 Å². The van der Waals surface area contributed by atoms with Crippen molar-refractivity contribution in [3.8, 4) is 0 Å². The number of rotatable bonds is 5. The summed E-state index contributed by atoms with van der Waals surface area (Å²) in [5, 5.41) is 0. The molecule has 1 aliphatic rings.